The number of rotatable bonds is 4. The van der Waals surface area contributed by atoms with E-state index >= 15 is 0 Å². The zero-order valence-corrected chi connectivity index (χ0v) is 30.0. The van der Waals surface area contributed by atoms with Crippen LogP contribution in [-0.2, 0) is 0 Å². The Morgan fingerprint density at radius 1 is 0.232 bits per heavy atom. The summed E-state index contributed by atoms with van der Waals surface area (Å²) >= 11 is 0. The van der Waals surface area contributed by atoms with Crippen LogP contribution in [-0.4, -0.2) is 0 Å². The van der Waals surface area contributed by atoms with Gasteiger partial charge in [-0.3, -0.25) is 0 Å². The Morgan fingerprint density at radius 3 is 1.04 bits per heavy atom. The highest BCUT2D eigenvalue weighted by atomic mass is 14.2. The summed E-state index contributed by atoms with van der Waals surface area (Å²) in [5.74, 6) is 0. The van der Waals surface area contributed by atoms with Crippen molar-refractivity contribution in [1.29, 1.82) is 0 Å². The Kier molecular flexibility index (Phi) is 5.23. The van der Waals surface area contributed by atoms with Crippen LogP contribution in [0.4, 0.5) is 0 Å². The van der Waals surface area contributed by atoms with Gasteiger partial charge in [-0.1, -0.05) is 194 Å². The Balaban J connectivity index is 1.12. The molecule has 0 heterocycles. The van der Waals surface area contributed by atoms with Gasteiger partial charge in [-0.25, -0.2) is 0 Å². The minimum atomic E-state index is -0.295. The Morgan fingerprint density at radius 2 is 0.589 bits per heavy atom. The van der Waals surface area contributed by atoms with Crippen LogP contribution in [0, 0.1) is 0 Å². The Hall–Kier alpha value is -7.28. The fourth-order valence-corrected chi connectivity index (χ4v) is 8.89. The molecule has 12 rings (SSSR count). The lowest BCUT2D eigenvalue weighted by molar-refractivity contribution is 1.66. The van der Waals surface area contributed by atoms with Gasteiger partial charge >= 0.3 is 0 Å². The Bertz CT molecular complexity index is 3730. The topological polar surface area (TPSA) is 0 Å². The molecule has 0 atom stereocenters. The lowest BCUT2D eigenvalue weighted by Gasteiger charge is -2.17. The molecule has 0 nitrogen and oxygen atoms in total. The first-order valence-corrected chi connectivity index (χ1v) is 18.9. The number of hydrogen-bond acceptors (Lipinski definition) is 0. The summed E-state index contributed by atoms with van der Waals surface area (Å²) in [7, 11) is 0. The van der Waals surface area contributed by atoms with Gasteiger partial charge in [0.25, 0.3) is 0 Å². The fourth-order valence-electron chi connectivity index (χ4n) is 8.89. The van der Waals surface area contributed by atoms with Gasteiger partial charge in [-0.2, -0.15) is 0 Å². The molecule has 0 saturated heterocycles. The lowest BCUT2D eigenvalue weighted by Crippen LogP contribution is -1.90. The molecule has 0 aliphatic rings. The molecule has 12 aromatic rings. The van der Waals surface area contributed by atoms with E-state index in [2.05, 4.69) is 72.8 Å². The van der Waals surface area contributed by atoms with E-state index < -0.39 is 0 Å². The molecule has 0 radical (unpaired) electrons. The molecule has 0 N–H and O–H groups in total. The first-order chi connectivity index (χ1) is 31.1. The summed E-state index contributed by atoms with van der Waals surface area (Å²) in [4.78, 5) is 0. The molecule has 0 unspecified atom stereocenters. The number of hydrogen-bond donors (Lipinski definition) is 0. The monoisotopic (exact) mass is 714 g/mol. The van der Waals surface area contributed by atoms with Crippen LogP contribution in [0.3, 0.4) is 0 Å². The van der Waals surface area contributed by atoms with E-state index in [1.165, 1.54) is 0 Å². The Labute approximate surface area is 336 Å². The molecule has 0 heteroatoms. The average Bonchev–Trinajstić information content (AvgIpc) is 3.32. The predicted octanol–water partition coefficient (Wildman–Crippen LogP) is 15.9. The minimum Gasteiger partial charge on any atom is -0.0616 e. The fraction of sp³-hybridized carbons (Fsp3) is 0. The second-order valence-electron chi connectivity index (χ2n) is 14.5. The molecule has 0 fully saturated rings. The van der Waals surface area contributed by atoms with E-state index in [9.17, 15) is 11.0 Å². The molecule has 0 spiro atoms. The second kappa shape index (κ2) is 12.1. The van der Waals surface area contributed by atoms with E-state index in [1.54, 1.807) is 0 Å². The van der Waals surface area contributed by atoms with Crippen LogP contribution in [0.2, 0.25) is 0 Å². The third-order valence-corrected chi connectivity index (χ3v) is 11.5. The van der Waals surface area contributed by atoms with Gasteiger partial charge in [-0.15, -0.1) is 0 Å². The SMILES string of the molecule is [2H]c1c([2H])c2c([2H])c([2H])c3c(-c4ccc5c(-c6cccc7ccccc67)cccc5c4)c([2H])c([2H])c4c([2H])c([2H])c(c1-c1ccc5c(-c6cccc7ccccc67)cccc5c1)c2c43. The highest BCUT2D eigenvalue weighted by Gasteiger charge is 2.17. The van der Waals surface area contributed by atoms with Gasteiger partial charge in [0, 0.05) is 0 Å². The molecule has 0 aromatic heterocycles. The van der Waals surface area contributed by atoms with Crippen LogP contribution < -0.4 is 0 Å². The zero-order valence-electron chi connectivity index (χ0n) is 38.0. The molecular weight excluding hydrogens is 673 g/mol. The summed E-state index contributed by atoms with van der Waals surface area (Å²) < 4.78 is 75.8. The van der Waals surface area contributed by atoms with Crippen molar-refractivity contribution in [3.8, 4) is 44.5 Å². The zero-order chi connectivity index (χ0) is 43.7. The van der Waals surface area contributed by atoms with Gasteiger partial charge < -0.3 is 0 Å². The summed E-state index contributed by atoms with van der Waals surface area (Å²) in [5.41, 5.74) is 5.97. The van der Waals surface area contributed by atoms with E-state index in [1.807, 2.05) is 84.9 Å². The normalized spacial score (nSPS) is 13.9. The summed E-state index contributed by atoms with van der Waals surface area (Å²) in [6.07, 6.45) is 0. The first kappa shape index (κ1) is 24.2. The maximum Gasteiger partial charge on any atom is 0.0630 e. The van der Waals surface area contributed by atoms with Crippen LogP contribution in [0.5, 0.6) is 0 Å². The highest BCUT2D eigenvalue weighted by molar-refractivity contribution is 6.28. The van der Waals surface area contributed by atoms with E-state index in [0.29, 0.717) is 21.9 Å². The van der Waals surface area contributed by atoms with Crippen LogP contribution in [0.1, 0.15) is 11.0 Å². The van der Waals surface area contributed by atoms with Gasteiger partial charge in [0.2, 0.25) is 0 Å². The molecule has 0 aliphatic carbocycles. The van der Waals surface area contributed by atoms with Gasteiger partial charge in [0.15, 0.2) is 0 Å². The van der Waals surface area contributed by atoms with E-state index in [4.69, 9.17) is 0 Å². The highest BCUT2D eigenvalue weighted by Crippen LogP contribution is 2.44. The maximum atomic E-state index is 9.54. The van der Waals surface area contributed by atoms with Crippen molar-refractivity contribution in [2.24, 2.45) is 0 Å². The third-order valence-electron chi connectivity index (χ3n) is 11.5. The number of benzene rings is 12. The molecule has 12 aromatic carbocycles. The van der Waals surface area contributed by atoms with Gasteiger partial charge in [0.1, 0.15) is 0 Å². The van der Waals surface area contributed by atoms with Crippen molar-refractivity contribution >= 4 is 75.4 Å². The minimum absolute atomic E-state index is 0.0279. The van der Waals surface area contributed by atoms with Crippen LogP contribution in [0.15, 0.2) is 206 Å². The molecular formula is C56H34. The van der Waals surface area contributed by atoms with E-state index in [-0.39, 0.29) is 81.0 Å². The standard InChI is InChI=1S/C56H34/c1-3-15-43-35(9-1)11-5-17-49(43)51-19-7-13-39-33-41(25-29-45(39)51)47-27-21-37-24-32-54-48(28-22-38-23-31-53(47)55(37)56(38)54)42-26-30-46-40(34-42)14-8-20-52(46)50-18-6-12-36-10-2-4-16-44(36)50/h1-34H/i21D,22D,23D,24D,27D,28D,31D,32D. The van der Waals surface area contributed by atoms with Crippen molar-refractivity contribution in [3.05, 3.63) is 206 Å². The summed E-state index contributed by atoms with van der Waals surface area (Å²) in [5, 5.41) is 9.35. The average molecular weight is 715 g/mol. The van der Waals surface area contributed by atoms with Crippen molar-refractivity contribution in [2.45, 2.75) is 0 Å². The van der Waals surface area contributed by atoms with E-state index in [0.717, 1.165) is 65.3 Å². The molecule has 0 amide bonds. The summed E-state index contributed by atoms with van der Waals surface area (Å²) in [6, 6.07) is 50.9. The predicted molar refractivity (Wildman–Crippen MR) is 242 cm³/mol. The lowest BCUT2D eigenvalue weighted by atomic mass is 9.86. The van der Waals surface area contributed by atoms with Crippen LogP contribution in [0.25, 0.3) is 120 Å². The molecule has 0 saturated carbocycles. The molecule has 258 valence electrons. The van der Waals surface area contributed by atoms with Crippen LogP contribution >= 0.6 is 0 Å². The molecule has 56 heavy (non-hydrogen) atoms. The molecule has 0 aliphatic heterocycles. The second-order valence-corrected chi connectivity index (χ2v) is 14.5. The van der Waals surface area contributed by atoms with Crippen molar-refractivity contribution < 1.29 is 11.0 Å². The van der Waals surface area contributed by atoms with Gasteiger partial charge in [-0.05, 0) is 132 Å². The first-order valence-electron chi connectivity index (χ1n) is 22.9. The third kappa shape index (κ3) is 4.66. The van der Waals surface area contributed by atoms with Crippen molar-refractivity contribution in [2.75, 3.05) is 0 Å². The smallest absolute Gasteiger partial charge is 0.0616 e. The maximum absolute atomic E-state index is 9.54. The van der Waals surface area contributed by atoms with Crippen molar-refractivity contribution in [1.82, 2.24) is 0 Å². The number of fused-ring (bicyclic) bond motifs is 4. The summed E-state index contributed by atoms with van der Waals surface area (Å²) in [6.45, 7) is 0. The molecule has 0 bridgehead atoms. The van der Waals surface area contributed by atoms with Crippen molar-refractivity contribution in [3.63, 3.8) is 0 Å². The largest absolute Gasteiger partial charge is 0.0630 e. The van der Waals surface area contributed by atoms with Gasteiger partial charge in [0.05, 0.1) is 11.0 Å². The quantitative estimate of drug-likeness (QED) is 0.159.